The van der Waals surface area contributed by atoms with E-state index >= 15 is 0 Å². The van der Waals surface area contributed by atoms with Crippen LogP contribution in [0.2, 0.25) is 0 Å². The third kappa shape index (κ3) is 29.3. The van der Waals surface area contributed by atoms with Crippen molar-refractivity contribution in [2.45, 2.75) is 249 Å². The van der Waals surface area contributed by atoms with Crippen LogP contribution in [0.1, 0.15) is 206 Å². The van der Waals surface area contributed by atoms with Gasteiger partial charge in [-0.15, -0.1) is 0 Å². The summed E-state index contributed by atoms with van der Waals surface area (Å²) >= 11 is 0. The number of aliphatic hydroxyl groups is 5. The van der Waals surface area contributed by atoms with Crippen LogP contribution in [0.4, 0.5) is 0 Å². The molecule has 334 valence electrons. The van der Waals surface area contributed by atoms with Gasteiger partial charge in [0, 0.05) is 6.42 Å². The van der Waals surface area contributed by atoms with E-state index in [2.05, 4.69) is 43.5 Å². The highest BCUT2D eigenvalue weighted by Crippen LogP contribution is 2.22. The SMILES string of the molecule is CCCCCCCCCCCCCCCC/C=C/CC/C=C/CC/C=C/C(O)C(COC1OC(CO)C(O)C(O)C1O)NC(=O)CCCCCCCCCCCC. The number of rotatable bonds is 39. The Kier molecular flexibility index (Phi) is 36.2. The summed E-state index contributed by atoms with van der Waals surface area (Å²) in [6.07, 6.45) is 40.7. The fourth-order valence-electron chi connectivity index (χ4n) is 7.36. The predicted octanol–water partition coefficient (Wildman–Crippen LogP) is 10.1. The molecule has 0 radical (unpaired) electrons. The Labute approximate surface area is 349 Å². The lowest BCUT2D eigenvalue weighted by atomic mass is 9.99. The molecule has 57 heavy (non-hydrogen) atoms. The Morgan fingerprint density at radius 3 is 1.47 bits per heavy atom. The molecule has 9 heteroatoms. The first kappa shape index (κ1) is 53.4. The van der Waals surface area contributed by atoms with E-state index in [9.17, 15) is 30.3 Å². The van der Waals surface area contributed by atoms with Crippen molar-refractivity contribution in [2.24, 2.45) is 0 Å². The first-order valence-electron chi connectivity index (χ1n) is 23.7. The quantitative estimate of drug-likeness (QED) is 0.0266. The highest BCUT2D eigenvalue weighted by Gasteiger charge is 2.44. The maximum absolute atomic E-state index is 12.9. The van der Waals surface area contributed by atoms with E-state index in [-0.39, 0.29) is 12.5 Å². The Balaban J connectivity index is 2.32. The lowest BCUT2D eigenvalue weighted by molar-refractivity contribution is -0.302. The topological polar surface area (TPSA) is 149 Å². The molecular weight excluding hydrogens is 719 g/mol. The van der Waals surface area contributed by atoms with E-state index < -0.39 is 49.5 Å². The van der Waals surface area contributed by atoms with Crippen molar-refractivity contribution in [3.63, 3.8) is 0 Å². The third-order valence-electron chi connectivity index (χ3n) is 11.2. The minimum atomic E-state index is -1.57. The van der Waals surface area contributed by atoms with Crippen LogP contribution < -0.4 is 5.32 Å². The molecule has 0 saturated carbocycles. The monoisotopic (exact) mass is 808 g/mol. The molecule has 1 aliphatic rings. The smallest absolute Gasteiger partial charge is 0.220 e. The maximum Gasteiger partial charge on any atom is 0.220 e. The number of allylic oxidation sites excluding steroid dienone is 5. The van der Waals surface area contributed by atoms with Crippen molar-refractivity contribution in [1.82, 2.24) is 5.32 Å². The summed E-state index contributed by atoms with van der Waals surface area (Å²) in [5.74, 6) is -0.194. The highest BCUT2D eigenvalue weighted by atomic mass is 16.7. The average Bonchev–Trinajstić information content (AvgIpc) is 3.21. The molecule has 1 aliphatic heterocycles. The zero-order valence-corrected chi connectivity index (χ0v) is 36.6. The minimum absolute atomic E-state index is 0.194. The standard InChI is InChI=1S/C48H89NO8/c1-3-5-7-9-11-13-15-16-17-18-19-20-21-22-23-24-25-26-27-28-29-31-33-35-37-42(51)41(40-56-48-47(55)46(54)45(53)43(39-50)57-48)49-44(52)38-36-34-32-30-14-12-10-8-6-4-2/h24-25,28-29,35,37,41-43,45-48,50-51,53-55H,3-23,26-27,30-34,36,38-40H2,1-2H3,(H,49,52)/b25-24+,29-28+,37-35+. The molecule has 1 rings (SSSR count). The van der Waals surface area contributed by atoms with Gasteiger partial charge in [0.15, 0.2) is 6.29 Å². The molecule has 9 nitrogen and oxygen atoms in total. The van der Waals surface area contributed by atoms with Gasteiger partial charge in [0.2, 0.25) is 5.91 Å². The van der Waals surface area contributed by atoms with E-state index in [1.54, 1.807) is 6.08 Å². The fraction of sp³-hybridized carbons (Fsp3) is 0.854. The van der Waals surface area contributed by atoms with Crippen LogP contribution in [-0.2, 0) is 14.3 Å². The van der Waals surface area contributed by atoms with Gasteiger partial charge in [-0.2, -0.15) is 0 Å². The molecule has 1 amide bonds. The van der Waals surface area contributed by atoms with E-state index in [1.165, 1.54) is 141 Å². The van der Waals surface area contributed by atoms with Gasteiger partial charge < -0.3 is 40.3 Å². The summed E-state index contributed by atoms with van der Waals surface area (Å²) < 4.78 is 11.2. The lowest BCUT2D eigenvalue weighted by Crippen LogP contribution is -2.60. The summed E-state index contributed by atoms with van der Waals surface area (Å²) in [7, 11) is 0. The summed E-state index contributed by atoms with van der Waals surface area (Å²) in [6, 6.07) is -0.823. The van der Waals surface area contributed by atoms with E-state index in [4.69, 9.17) is 9.47 Å². The molecule has 6 N–H and O–H groups in total. The summed E-state index contributed by atoms with van der Waals surface area (Å²) in [5.41, 5.74) is 0. The maximum atomic E-state index is 12.9. The summed E-state index contributed by atoms with van der Waals surface area (Å²) in [4.78, 5) is 12.9. The molecule has 0 bridgehead atoms. The fourth-order valence-corrected chi connectivity index (χ4v) is 7.36. The van der Waals surface area contributed by atoms with Crippen LogP contribution in [0.3, 0.4) is 0 Å². The van der Waals surface area contributed by atoms with Crippen LogP contribution in [0.15, 0.2) is 36.5 Å². The van der Waals surface area contributed by atoms with Gasteiger partial charge in [0.25, 0.3) is 0 Å². The van der Waals surface area contributed by atoms with E-state index in [0.717, 1.165) is 44.9 Å². The summed E-state index contributed by atoms with van der Waals surface area (Å²) in [5, 5.41) is 54.1. The lowest BCUT2D eigenvalue weighted by Gasteiger charge is -2.40. The first-order chi connectivity index (χ1) is 27.8. The number of carbonyl (C=O) groups excluding carboxylic acids is 1. The normalized spacial score (nSPS) is 21.3. The van der Waals surface area contributed by atoms with Crippen LogP contribution >= 0.6 is 0 Å². The minimum Gasteiger partial charge on any atom is -0.394 e. The number of unbranched alkanes of at least 4 members (excludes halogenated alkanes) is 25. The number of ether oxygens (including phenoxy) is 2. The first-order valence-corrected chi connectivity index (χ1v) is 23.7. The Bertz CT molecular complexity index is 987. The summed E-state index contributed by atoms with van der Waals surface area (Å²) in [6.45, 7) is 3.73. The molecule has 0 aromatic heterocycles. The molecule has 7 unspecified atom stereocenters. The van der Waals surface area contributed by atoms with Gasteiger partial charge in [0.1, 0.15) is 24.4 Å². The second kappa shape index (κ2) is 38.6. The van der Waals surface area contributed by atoms with Gasteiger partial charge in [-0.3, -0.25) is 4.79 Å². The molecule has 1 fully saturated rings. The van der Waals surface area contributed by atoms with Crippen molar-refractivity contribution in [2.75, 3.05) is 13.2 Å². The third-order valence-corrected chi connectivity index (χ3v) is 11.2. The van der Waals surface area contributed by atoms with Crippen molar-refractivity contribution in [3.05, 3.63) is 36.5 Å². The van der Waals surface area contributed by atoms with Crippen LogP contribution in [0, 0.1) is 0 Å². The van der Waals surface area contributed by atoms with Gasteiger partial charge in [-0.1, -0.05) is 192 Å². The Morgan fingerprint density at radius 1 is 0.579 bits per heavy atom. The van der Waals surface area contributed by atoms with Crippen molar-refractivity contribution >= 4 is 5.91 Å². The van der Waals surface area contributed by atoms with E-state index in [1.807, 2.05) is 6.08 Å². The van der Waals surface area contributed by atoms with Crippen LogP contribution in [0.5, 0.6) is 0 Å². The van der Waals surface area contributed by atoms with Crippen molar-refractivity contribution < 1.29 is 39.8 Å². The van der Waals surface area contributed by atoms with Crippen molar-refractivity contribution in [1.29, 1.82) is 0 Å². The molecular formula is C48H89NO8. The number of hydrogen-bond acceptors (Lipinski definition) is 8. The van der Waals surface area contributed by atoms with Gasteiger partial charge >= 0.3 is 0 Å². The number of carbonyl (C=O) groups is 1. The number of amides is 1. The van der Waals surface area contributed by atoms with Crippen LogP contribution in [0.25, 0.3) is 0 Å². The molecule has 0 aromatic rings. The largest absolute Gasteiger partial charge is 0.394 e. The molecule has 1 heterocycles. The Morgan fingerprint density at radius 2 is 1.00 bits per heavy atom. The van der Waals surface area contributed by atoms with Crippen molar-refractivity contribution in [3.8, 4) is 0 Å². The van der Waals surface area contributed by atoms with Gasteiger partial charge in [0.05, 0.1) is 25.4 Å². The second-order valence-corrected chi connectivity index (χ2v) is 16.5. The number of nitrogens with one attached hydrogen (secondary N) is 1. The molecule has 0 aliphatic carbocycles. The van der Waals surface area contributed by atoms with E-state index in [0.29, 0.717) is 6.42 Å². The zero-order valence-electron chi connectivity index (χ0n) is 36.6. The molecule has 0 spiro atoms. The molecule has 0 aromatic carbocycles. The van der Waals surface area contributed by atoms with Crippen LogP contribution in [-0.4, -0.2) is 87.5 Å². The predicted molar refractivity (Wildman–Crippen MR) is 235 cm³/mol. The molecule has 7 atom stereocenters. The zero-order chi connectivity index (χ0) is 41.6. The van der Waals surface area contributed by atoms with Gasteiger partial charge in [-0.05, 0) is 44.9 Å². The number of hydrogen-bond donors (Lipinski definition) is 6. The average molecular weight is 808 g/mol. The highest BCUT2D eigenvalue weighted by molar-refractivity contribution is 5.76. The molecule has 1 saturated heterocycles. The second-order valence-electron chi connectivity index (χ2n) is 16.5. The number of aliphatic hydroxyl groups excluding tert-OH is 5. The van der Waals surface area contributed by atoms with Gasteiger partial charge in [-0.25, -0.2) is 0 Å². The Hall–Kier alpha value is -1.59.